The van der Waals surface area contributed by atoms with Crippen LogP contribution in [0.2, 0.25) is 0 Å². The predicted molar refractivity (Wildman–Crippen MR) is 87.2 cm³/mol. The standard InChI is InChI=1S/C15H20N2O5.ClH/c1-9(20-7-10-3-2-4-19-10)15(18)17-12-6-14-13(5-11(12)16)21-8-22-14;/h5-6,9-10H,2-4,7-8,16H2,1H3,(H,17,18);1H. The molecule has 2 unspecified atom stereocenters. The molecule has 0 aliphatic carbocycles. The summed E-state index contributed by atoms with van der Waals surface area (Å²) in [7, 11) is 0. The molecule has 23 heavy (non-hydrogen) atoms. The van der Waals surface area contributed by atoms with E-state index in [1.165, 1.54) is 0 Å². The van der Waals surface area contributed by atoms with E-state index in [2.05, 4.69) is 5.32 Å². The molecule has 2 atom stereocenters. The van der Waals surface area contributed by atoms with Gasteiger partial charge in [-0.2, -0.15) is 0 Å². The average molecular weight is 345 g/mol. The minimum absolute atomic E-state index is 0. The summed E-state index contributed by atoms with van der Waals surface area (Å²) in [6, 6.07) is 3.29. The number of ether oxygens (including phenoxy) is 4. The molecule has 0 spiro atoms. The lowest BCUT2D eigenvalue weighted by Gasteiger charge is -2.17. The van der Waals surface area contributed by atoms with Gasteiger partial charge in [0.05, 0.1) is 24.1 Å². The van der Waals surface area contributed by atoms with Crippen LogP contribution in [-0.2, 0) is 14.3 Å². The van der Waals surface area contributed by atoms with Crippen molar-refractivity contribution in [3.8, 4) is 11.5 Å². The zero-order chi connectivity index (χ0) is 15.5. The smallest absolute Gasteiger partial charge is 0.253 e. The van der Waals surface area contributed by atoms with Crippen LogP contribution in [0.15, 0.2) is 12.1 Å². The van der Waals surface area contributed by atoms with Gasteiger partial charge in [0.1, 0.15) is 6.10 Å². The number of fused-ring (bicyclic) bond motifs is 1. The number of carbonyl (C=O) groups is 1. The molecule has 1 aromatic carbocycles. The Morgan fingerprint density at radius 1 is 1.43 bits per heavy atom. The van der Waals surface area contributed by atoms with Crippen molar-refractivity contribution < 1.29 is 23.7 Å². The summed E-state index contributed by atoms with van der Waals surface area (Å²) in [5.41, 5.74) is 6.81. The summed E-state index contributed by atoms with van der Waals surface area (Å²) in [6.07, 6.45) is 1.52. The molecule has 3 N–H and O–H groups in total. The predicted octanol–water partition coefficient (Wildman–Crippen LogP) is 1.94. The minimum atomic E-state index is -0.589. The lowest BCUT2D eigenvalue weighted by atomic mass is 10.2. The summed E-state index contributed by atoms with van der Waals surface area (Å²) in [4.78, 5) is 12.2. The number of halogens is 1. The van der Waals surface area contributed by atoms with E-state index >= 15 is 0 Å². The Hall–Kier alpha value is -1.70. The molecular weight excluding hydrogens is 324 g/mol. The first-order chi connectivity index (χ1) is 10.6. The number of rotatable bonds is 5. The van der Waals surface area contributed by atoms with Crippen molar-refractivity contribution in [2.45, 2.75) is 32.0 Å². The fraction of sp³-hybridized carbons (Fsp3) is 0.533. The van der Waals surface area contributed by atoms with Gasteiger partial charge < -0.3 is 30.0 Å². The number of hydrogen-bond acceptors (Lipinski definition) is 6. The highest BCUT2D eigenvalue weighted by atomic mass is 35.5. The maximum atomic E-state index is 12.2. The van der Waals surface area contributed by atoms with Crippen LogP contribution in [0.1, 0.15) is 19.8 Å². The van der Waals surface area contributed by atoms with Crippen LogP contribution in [0.25, 0.3) is 0 Å². The first-order valence-corrected chi connectivity index (χ1v) is 7.36. The number of carbonyl (C=O) groups excluding carboxylic acids is 1. The highest BCUT2D eigenvalue weighted by molar-refractivity contribution is 5.97. The van der Waals surface area contributed by atoms with E-state index < -0.39 is 6.10 Å². The molecule has 8 heteroatoms. The van der Waals surface area contributed by atoms with Crippen LogP contribution in [0.3, 0.4) is 0 Å². The van der Waals surface area contributed by atoms with Gasteiger partial charge >= 0.3 is 0 Å². The number of nitrogens with two attached hydrogens (primary N) is 1. The van der Waals surface area contributed by atoms with Crippen LogP contribution in [0.5, 0.6) is 11.5 Å². The molecule has 128 valence electrons. The quantitative estimate of drug-likeness (QED) is 0.793. The lowest BCUT2D eigenvalue weighted by Crippen LogP contribution is -2.30. The molecule has 7 nitrogen and oxygen atoms in total. The first-order valence-electron chi connectivity index (χ1n) is 7.36. The Balaban J connectivity index is 0.00000192. The molecule has 0 radical (unpaired) electrons. The fourth-order valence-electron chi connectivity index (χ4n) is 2.40. The van der Waals surface area contributed by atoms with Crippen molar-refractivity contribution in [1.82, 2.24) is 0 Å². The van der Waals surface area contributed by atoms with Crippen molar-refractivity contribution in [1.29, 1.82) is 0 Å². The molecule has 2 aliphatic heterocycles. The summed E-state index contributed by atoms with van der Waals surface area (Å²) in [5, 5.41) is 2.75. The summed E-state index contributed by atoms with van der Waals surface area (Å²) in [6.45, 7) is 3.05. The molecule has 2 heterocycles. The number of amides is 1. The molecule has 0 aromatic heterocycles. The second kappa shape index (κ2) is 7.72. The molecule has 1 saturated heterocycles. The molecule has 0 bridgehead atoms. The second-order valence-corrected chi connectivity index (χ2v) is 5.39. The van der Waals surface area contributed by atoms with E-state index in [1.54, 1.807) is 19.1 Å². The Morgan fingerprint density at radius 3 is 2.87 bits per heavy atom. The van der Waals surface area contributed by atoms with Gasteiger partial charge in [0.15, 0.2) is 11.5 Å². The average Bonchev–Trinajstić information content (AvgIpc) is 3.16. The zero-order valence-electron chi connectivity index (χ0n) is 12.9. The van der Waals surface area contributed by atoms with Gasteiger partial charge in [-0.05, 0) is 19.8 Å². The van der Waals surface area contributed by atoms with E-state index in [1.807, 2.05) is 0 Å². The maximum absolute atomic E-state index is 12.2. The van der Waals surface area contributed by atoms with Gasteiger partial charge in [0.2, 0.25) is 6.79 Å². The van der Waals surface area contributed by atoms with Crippen molar-refractivity contribution >= 4 is 29.7 Å². The third kappa shape index (κ3) is 4.19. The highest BCUT2D eigenvalue weighted by Crippen LogP contribution is 2.38. The molecule has 1 fully saturated rings. The topological polar surface area (TPSA) is 92.0 Å². The van der Waals surface area contributed by atoms with Crippen molar-refractivity contribution in [3.05, 3.63) is 12.1 Å². The normalized spacial score (nSPS) is 20.0. The Kier molecular flexibility index (Phi) is 5.92. The minimum Gasteiger partial charge on any atom is -0.454 e. The van der Waals surface area contributed by atoms with Gasteiger partial charge in [0, 0.05) is 18.7 Å². The number of nitrogen functional groups attached to an aromatic ring is 1. The van der Waals surface area contributed by atoms with Gasteiger partial charge in [-0.15, -0.1) is 12.4 Å². The summed E-state index contributed by atoms with van der Waals surface area (Å²) in [5.74, 6) is 0.888. The van der Waals surface area contributed by atoms with E-state index in [-0.39, 0.29) is 31.2 Å². The summed E-state index contributed by atoms with van der Waals surface area (Å²) >= 11 is 0. The number of nitrogens with one attached hydrogen (secondary N) is 1. The van der Waals surface area contributed by atoms with Crippen LogP contribution >= 0.6 is 12.4 Å². The largest absolute Gasteiger partial charge is 0.454 e. The van der Waals surface area contributed by atoms with Crippen molar-refractivity contribution in [2.75, 3.05) is 31.1 Å². The molecule has 1 aromatic rings. The van der Waals surface area contributed by atoms with E-state index in [0.717, 1.165) is 19.4 Å². The number of benzene rings is 1. The number of anilines is 2. The van der Waals surface area contributed by atoms with Gasteiger partial charge in [-0.25, -0.2) is 0 Å². The third-order valence-corrected chi connectivity index (χ3v) is 3.73. The molecule has 1 amide bonds. The van der Waals surface area contributed by atoms with Crippen LogP contribution in [0.4, 0.5) is 11.4 Å². The SMILES string of the molecule is CC(OCC1CCCO1)C(=O)Nc1cc2c(cc1N)OCO2.Cl. The van der Waals surface area contributed by atoms with Gasteiger partial charge in [-0.3, -0.25) is 4.79 Å². The molecule has 0 saturated carbocycles. The third-order valence-electron chi connectivity index (χ3n) is 3.73. The van der Waals surface area contributed by atoms with Crippen LogP contribution in [0, 0.1) is 0 Å². The fourth-order valence-corrected chi connectivity index (χ4v) is 2.40. The van der Waals surface area contributed by atoms with E-state index in [4.69, 9.17) is 24.7 Å². The summed E-state index contributed by atoms with van der Waals surface area (Å²) < 4.78 is 21.5. The van der Waals surface area contributed by atoms with Crippen LogP contribution < -0.4 is 20.5 Å². The van der Waals surface area contributed by atoms with Crippen molar-refractivity contribution in [3.63, 3.8) is 0 Å². The molecule has 2 aliphatic rings. The van der Waals surface area contributed by atoms with Crippen LogP contribution in [-0.4, -0.2) is 38.1 Å². The monoisotopic (exact) mass is 344 g/mol. The van der Waals surface area contributed by atoms with Gasteiger partial charge in [-0.1, -0.05) is 0 Å². The molecule has 3 rings (SSSR count). The Bertz CT molecular complexity index is 563. The van der Waals surface area contributed by atoms with Gasteiger partial charge in [0.25, 0.3) is 5.91 Å². The Morgan fingerprint density at radius 2 is 2.17 bits per heavy atom. The highest BCUT2D eigenvalue weighted by Gasteiger charge is 2.22. The lowest BCUT2D eigenvalue weighted by molar-refractivity contribution is -0.128. The first kappa shape index (κ1) is 17.7. The Labute approximate surface area is 140 Å². The zero-order valence-corrected chi connectivity index (χ0v) is 13.7. The maximum Gasteiger partial charge on any atom is 0.253 e. The van der Waals surface area contributed by atoms with Crippen molar-refractivity contribution in [2.24, 2.45) is 0 Å². The van der Waals surface area contributed by atoms with E-state index in [9.17, 15) is 4.79 Å². The van der Waals surface area contributed by atoms with E-state index in [0.29, 0.717) is 29.5 Å². The number of hydrogen-bond donors (Lipinski definition) is 2. The second-order valence-electron chi connectivity index (χ2n) is 5.39. The molecular formula is C15H21ClN2O5.